The van der Waals surface area contributed by atoms with Gasteiger partial charge >= 0.3 is 5.97 Å². The highest BCUT2D eigenvalue weighted by atomic mass is 32.2. The van der Waals surface area contributed by atoms with Crippen LogP contribution in [0.1, 0.15) is 12.6 Å². The van der Waals surface area contributed by atoms with Gasteiger partial charge in [0.2, 0.25) is 0 Å². The van der Waals surface area contributed by atoms with Crippen molar-refractivity contribution in [3.8, 4) is 0 Å². The number of amides is 2. The average molecular weight is 579 g/mol. The van der Waals surface area contributed by atoms with Crippen LogP contribution in [0.15, 0.2) is 49.9 Å². The maximum absolute atomic E-state index is 13.1. The van der Waals surface area contributed by atoms with Crippen molar-refractivity contribution in [2.75, 3.05) is 24.3 Å². The number of carbonyl (C=O) groups is 3. The molecule has 2 atom stereocenters. The summed E-state index contributed by atoms with van der Waals surface area (Å²) in [7, 11) is 1.28. The zero-order valence-corrected chi connectivity index (χ0v) is 22.4. The van der Waals surface area contributed by atoms with Gasteiger partial charge in [-0.25, -0.2) is 30.7 Å². The molecule has 0 spiro atoms. The molecule has 38 heavy (non-hydrogen) atoms. The van der Waals surface area contributed by atoms with Gasteiger partial charge in [-0.2, -0.15) is 0 Å². The second-order valence-electron chi connectivity index (χ2n) is 8.17. The van der Waals surface area contributed by atoms with Gasteiger partial charge in [0.25, 0.3) is 11.8 Å². The van der Waals surface area contributed by atoms with Crippen LogP contribution < -0.4 is 22.4 Å². The Labute approximate surface area is 228 Å². The van der Waals surface area contributed by atoms with Crippen molar-refractivity contribution < 1.29 is 24.3 Å². The quantitative estimate of drug-likeness (QED) is 0.115. The molecular formula is C20H22N10O5S3. The van der Waals surface area contributed by atoms with E-state index in [0.29, 0.717) is 22.9 Å². The van der Waals surface area contributed by atoms with E-state index in [-0.39, 0.29) is 22.2 Å². The Morgan fingerprint density at radius 1 is 1.45 bits per heavy atom. The van der Waals surface area contributed by atoms with E-state index >= 15 is 0 Å². The minimum absolute atomic E-state index is 0.0813. The second kappa shape index (κ2) is 10.3. The number of carboxylic acid groups (broad SMARTS) is 1. The first-order valence-corrected chi connectivity index (χ1v) is 13.8. The first-order chi connectivity index (χ1) is 18.2. The standard InChI is InChI=1S/C20H22N10O5S3/c1-8-3-12(30-11(23-8)4-28(22)27-30)36-5-9-6-37-18-14(17(32)29(18)15(9)19(33)34)25-16(31)13(26-35-2)10-7-38-20(21)24-10/h3-4,7,14,18,27H,5-6,22H2,1-2H3,(H2,21,24)(H,25,31)(H,33,34)/t14-,18-/m1/s1. The number of thioether (sulfide) groups is 2. The highest BCUT2D eigenvalue weighted by Crippen LogP contribution is 2.42. The molecule has 4 aliphatic heterocycles. The summed E-state index contributed by atoms with van der Waals surface area (Å²) in [5.74, 6) is 4.63. The molecule has 0 aliphatic carbocycles. The van der Waals surface area contributed by atoms with Crippen molar-refractivity contribution >= 4 is 69.2 Å². The van der Waals surface area contributed by atoms with Crippen LogP contribution in [0.25, 0.3) is 0 Å². The lowest BCUT2D eigenvalue weighted by atomic mass is 10.0. The molecule has 200 valence electrons. The van der Waals surface area contributed by atoms with E-state index in [1.54, 1.807) is 16.6 Å². The topological polar surface area (TPSA) is 204 Å². The Morgan fingerprint density at radius 2 is 2.24 bits per heavy atom. The number of nitrogen functional groups attached to an aromatic ring is 1. The number of carbonyl (C=O) groups excluding carboxylic acids is 2. The number of nitrogens with two attached hydrogens (primary N) is 2. The maximum atomic E-state index is 13.1. The maximum Gasteiger partial charge on any atom is 0.352 e. The highest BCUT2D eigenvalue weighted by Gasteiger charge is 2.54. The summed E-state index contributed by atoms with van der Waals surface area (Å²) in [6, 6.07) is -0.939. The van der Waals surface area contributed by atoms with E-state index < -0.39 is 29.2 Å². The third-order valence-electron chi connectivity index (χ3n) is 5.64. The number of hydrazine groups is 3. The Balaban J connectivity index is 1.30. The van der Waals surface area contributed by atoms with Gasteiger partial charge in [0.15, 0.2) is 16.7 Å². The monoisotopic (exact) mass is 578 g/mol. The number of β-lactam (4-membered cyclic amide) rings is 1. The second-order valence-corrected chi connectivity index (χ2v) is 11.2. The molecule has 5 heterocycles. The number of aliphatic carboxylic acids is 1. The number of hydrogen-bond acceptors (Lipinski definition) is 15. The third-order valence-corrected chi connectivity index (χ3v) is 8.74. The number of aliphatic imine (C=N–C) groups is 1. The molecule has 1 aromatic heterocycles. The SMILES string of the molecule is CON=C(C(=O)N[C@@H]1C(=O)N2C(C(=O)O)=C(CSC3=CC(C)=NC4=CN(N)NN43)CS[C@H]12)c1csc(N)n1. The van der Waals surface area contributed by atoms with Crippen LogP contribution in [0.4, 0.5) is 5.13 Å². The Hall–Kier alpha value is -3.58. The zero-order chi connectivity index (χ0) is 27.1. The van der Waals surface area contributed by atoms with Gasteiger partial charge in [-0.15, -0.1) is 40.4 Å². The number of allylic oxidation sites excluding steroid dienone is 1. The van der Waals surface area contributed by atoms with Gasteiger partial charge in [0, 0.05) is 22.6 Å². The van der Waals surface area contributed by atoms with Crippen LogP contribution in [-0.4, -0.2) is 84.4 Å². The lowest BCUT2D eigenvalue weighted by Gasteiger charge is -2.49. The summed E-state index contributed by atoms with van der Waals surface area (Å²) in [6.45, 7) is 1.85. The van der Waals surface area contributed by atoms with E-state index in [4.69, 9.17) is 16.4 Å². The van der Waals surface area contributed by atoms with Crippen LogP contribution in [0, 0.1) is 0 Å². The van der Waals surface area contributed by atoms with Gasteiger partial charge in [-0.05, 0) is 18.6 Å². The van der Waals surface area contributed by atoms with Crippen LogP contribution in [0.2, 0.25) is 0 Å². The van der Waals surface area contributed by atoms with Crippen LogP contribution in [-0.2, 0) is 19.2 Å². The molecule has 0 unspecified atom stereocenters. The number of nitrogens with one attached hydrogen (secondary N) is 2. The molecule has 1 aromatic rings. The number of rotatable bonds is 8. The first kappa shape index (κ1) is 26.0. The highest BCUT2D eigenvalue weighted by molar-refractivity contribution is 8.03. The van der Waals surface area contributed by atoms with Gasteiger partial charge < -0.3 is 21.0 Å². The number of oxime groups is 1. The Morgan fingerprint density at radius 3 is 2.92 bits per heavy atom. The lowest BCUT2D eigenvalue weighted by Crippen LogP contribution is -2.71. The molecule has 5 rings (SSSR count). The molecule has 4 aliphatic rings. The molecule has 0 radical (unpaired) electrons. The fourth-order valence-electron chi connectivity index (χ4n) is 4.04. The molecule has 18 heteroatoms. The molecular weight excluding hydrogens is 556 g/mol. The third kappa shape index (κ3) is 4.71. The van der Waals surface area contributed by atoms with Crippen molar-refractivity contribution in [3.05, 3.63) is 45.5 Å². The summed E-state index contributed by atoms with van der Waals surface area (Å²) in [6.07, 6.45) is 3.47. The largest absolute Gasteiger partial charge is 0.477 e. The van der Waals surface area contributed by atoms with Crippen LogP contribution in [0.3, 0.4) is 0 Å². The summed E-state index contributed by atoms with van der Waals surface area (Å²) >= 11 is 3.88. The van der Waals surface area contributed by atoms with Crippen molar-refractivity contribution in [1.29, 1.82) is 0 Å². The van der Waals surface area contributed by atoms with E-state index in [1.807, 2.05) is 13.0 Å². The number of aromatic nitrogens is 1. The molecule has 0 saturated carbocycles. The number of thiazole rings is 1. The van der Waals surface area contributed by atoms with Gasteiger partial charge in [-0.1, -0.05) is 5.16 Å². The van der Waals surface area contributed by atoms with E-state index in [9.17, 15) is 19.5 Å². The van der Waals surface area contributed by atoms with Gasteiger partial charge in [0.1, 0.15) is 29.9 Å². The van der Waals surface area contributed by atoms with Crippen LogP contribution in [0.5, 0.6) is 0 Å². The first-order valence-electron chi connectivity index (χ1n) is 10.9. The predicted octanol–water partition coefficient (Wildman–Crippen LogP) is -0.427. The lowest BCUT2D eigenvalue weighted by molar-refractivity contribution is -0.150. The number of anilines is 1. The molecule has 1 fully saturated rings. The smallest absolute Gasteiger partial charge is 0.352 e. The molecule has 7 N–H and O–H groups in total. The van der Waals surface area contributed by atoms with Gasteiger partial charge in [-0.3, -0.25) is 14.5 Å². The summed E-state index contributed by atoms with van der Waals surface area (Å²) in [5.41, 5.74) is 9.91. The predicted molar refractivity (Wildman–Crippen MR) is 142 cm³/mol. The Bertz CT molecular complexity index is 1370. The Kier molecular flexibility index (Phi) is 7.05. The number of carboxylic acids is 1. The normalized spacial score (nSPS) is 22.8. The number of fused-ring (bicyclic) bond motifs is 2. The van der Waals surface area contributed by atoms with Gasteiger partial charge in [0.05, 0.1) is 11.2 Å². The fraction of sp³-hybridized carbons (Fsp3) is 0.300. The molecule has 0 bridgehead atoms. The van der Waals surface area contributed by atoms with Crippen molar-refractivity contribution in [2.24, 2.45) is 16.0 Å². The van der Waals surface area contributed by atoms with E-state index in [1.165, 1.54) is 40.7 Å². The molecule has 1 saturated heterocycles. The van der Waals surface area contributed by atoms with Crippen molar-refractivity contribution in [1.82, 2.24) is 30.9 Å². The number of hydrogen-bond donors (Lipinski definition) is 5. The number of nitrogens with zero attached hydrogens (tertiary/aromatic N) is 6. The molecule has 15 nitrogen and oxygen atoms in total. The summed E-state index contributed by atoms with van der Waals surface area (Å²) in [5, 5.41) is 21.3. The average Bonchev–Trinajstić information content (AvgIpc) is 3.47. The van der Waals surface area contributed by atoms with Crippen LogP contribution >= 0.6 is 34.9 Å². The zero-order valence-electron chi connectivity index (χ0n) is 19.9. The molecule has 2 amide bonds. The fourth-order valence-corrected chi connectivity index (χ4v) is 7.14. The minimum Gasteiger partial charge on any atom is -0.477 e. The summed E-state index contributed by atoms with van der Waals surface area (Å²) < 4.78 is 0. The van der Waals surface area contributed by atoms with Crippen molar-refractivity contribution in [3.63, 3.8) is 0 Å². The molecule has 0 aromatic carbocycles. The minimum atomic E-state index is -1.22. The van der Waals surface area contributed by atoms with E-state index in [0.717, 1.165) is 22.1 Å². The van der Waals surface area contributed by atoms with E-state index in [2.05, 4.69) is 26.0 Å². The van der Waals surface area contributed by atoms with Crippen molar-refractivity contribution in [2.45, 2.75) is 18.3 Å². The summed E-state index contributed by atoms with van der Waals surface area (Å²) in [4.78, 5) is 52.6.